The van der Waals surface area contributed by atoms with Gasteiger partial charge in [0.15, 0.2) is 0 Å². The van der Waals surface area contributed by atoms with Gasteiger partial charge < -0.3 is 0 Å². The summed E-state index contributed by atoms with van der Waals surface area (Å²) in [7, 11) is 0. The number of nitrogens with two attached hydrogens (primary N) is 1. The quantitative estimate of drug-likeness (QED) is 0.484. The van der Waals surface area contributed by atoms with Crippen molar-refractivity contribution in [2.24, 2.45) is 5.84 Å². The highest BCUT2D eigenvalue weighted by molar-refractivity contribution is 5.93. The van der Waals surface area contributed by atoms with Crippen LogP contribution in [0.15, 0.2) is 35.1 Å². The lowest BCUT2D eigenvalue weighted by Gasteiger charge is -2.10. The maximum absolute atomic E-state index is 11.9. The molecule has 0 bridgehead atoms. The summed E-state index contributed by atoms with van der Waals surface area (Å²) in [5, 5.41) is 0. The molecule has 0 radical (unpaired) electrons. The van der Waals surface area contributed by atoms with E-state index in [0.717, 1.165) is 5.56 Å². The standard InChI is InChI=1S/C14H16N4O2/c1-9-7-13(19)18(10(2)16-9)8-11-3-5-12(6-4-11)14(20)17-15/h3-7H,8,15H2,1-2H3,(H,17,20). The van der Waals surface area contributed by atoms with Crippen molar-refractivity contribution in [3.05, 3.63) is 63.3 Å². The summed E-state index contributed by atoms with van der Waals surface area (Å²) in [6.07, 6.45) is 0. The van der Waals surface area contributed by atoms with Gasteiger partial charge in [-0.15, -0.1) is 0 Å². The van der Waals surface area contributed by atoms with Crippen LogP contribution in [0.3, 0.4) is 0 Å². The Morgan fingerprint density at radius 1 is 1.30 bits per heavy atom. The van der Waals surface area contributed by atoms with E-state index in [9.17, 15) is 9.59 Å². The van der Waals surface area contributed by atoms with Crippen LogP contribution in [0.4, 0.5) is 0 Å². The molecule has 20 heavy (non-hydrogen) atoms. The Balaban J connectivity index is 2.27. The zero-order valence-corrected chi connectivity index (χ0v) is 11.4. The fourth-order valence-corrected chi connectivity index (χ4v) is 1.98. The molecule has 104 valence electrons. The molecule has 0 aliphatic carbocycles. The van der Waals surface area contributed by atoms with Gasteiger partial charge in [0, 0.05) is 17.3 Å². The minimum Gasteiger partial charge on any atom is -0.292 e. The molecule has 2 aromatic rings. The molecule has 0 saturated heterocycles. The maximum Gasteiger partial charge on any atom is 0.265 e. The van der Waals surface area contributed by atoms with Crippen LogP contribution in [-0.4, -0.2) is 15.5 Å². The number of benzene rings is 1. The van der Waals surface area contributed by atoms with E-state index in [4.69, 9.17) is 5.84 Å². The van der Waals surface area contributed by atoms with Crippen LogP contribution in [0.2, 0.25) is 0 Å². The number of rotatable bonds is 3. The fourth-order valence-electron chi connectivity index (χ4n) is 1.98. The molecule has 0 unspecified atom stereocenters. The van der Waals surface area contributed by atoms with Gasteiger partial charge in [-0.25, -0.2) is 10.8 Å². The molecule has 0 saturated carbocycles. The van der Waals surface area contributed by atoms with Gasteiger partial charge in [0.2, 0.25) is 0 Å². The lowest BCUT2D eigenvalue weighted by atomic mass is 10.1. The summed E-state index contributed by atoms with van der Waals surface area (Å²) in [5.74, 6) is 5.39. The first-order valence-corrected chi connectivity index (χ1v) is 6.16. The summed E-state index contributed by atoms with van der Waals surface area (Å²) in [5.41, 5.74) is 4.08. The van der Waals surface area contributed by atoms with E-state index in [1.165, 1.54) is 6.07 Å². The van der Waals surface area contributed by atoms with Crippen LogP contribution in [-0.2, 0) is 6.54 Å². The Labute approximate surface area is 116 Å². The first-order valence-electron chi connectivity index (χ1n) is 6.16. The fraction of sp³-hybridized carbons (Fsp3) is 0.214. The highest BCUT2D eigenvalue weighted by Gasteiger charge is 2.06. The lowest BCUT2D eigenvalue weighted by molar-refractivity contribution is 0.0953. The number of carbonyl (C=O) groups excluding carboxylic acids is 1. The molecule has 2 rings (SSSR count). The van der Waals surface area contributed by atoms with Crippen molar-refractivity contribution in [2.75, 3.05) is 0 Å². The highest BCUT2D eigenvalue weighted by atomic mass is 16.2. The van der Waals surface area contributed by atoms with Gasteiger partial charge in [-0.1, -0.05) is 12.1 Å². The van der Waals surface area contributed by atoms with Gasteiger partial charge >= 0.3 is 0 Å². The predicted molar refractivity (Wildman–Crippen MR) is 75.2 cm³/mol. The molecule has 0 atom stereocenters. The van der Waals surface area contributed by atoms with E-state index < -0.39 is 0 Å². The van der Waals surface area contributed by atoms with E-state index in [0.29, 0.717) is 23.6 Å². The number of hydrazine groups is 1. The molecule has 0 spiro atoms. The number of hydrogen-bond acceptors (Lipinski definition) is 4. The molecule has 0 aliphatic heterocycles. The second-order valence-electron chi connectivity index (χ2n) is 4.54. The van der Waals surface area contributed by atoms with E-state index in [-0.39, 0.29) is 11.5 Å². The maximum atomic E-state index is 11.9. The Bertz CT molecular complexity index is 689. The summed E-state index contributed by atoms with van der Waals surface area (Å²) in [6, 6.07) is 8.41. The normalized spacial score (nSPS) is 10.3. The molecular formula is C14H16N4O2. The lowest BCUT2D eigenvalue weighted by Crippen LogP contribution is -2.30. The van der Waals surface area contributed by atoms with Crippen LogP contribution in [0.1, 0.15) is 27.4 Å². The Morgan fingerprint density at radius 3 is 2.50 bits per heavy atom. The second kappa shape index (κ2) is 5.66. The van der Waals surface area contributed by atoms with Crippen LogP contribution < -0.4 is 16.8 Å². The Kier molecular flexibility index (Phi) is 3.95. The number of aromatic nitrogens is 2. The molecule has 3 N–H and O–H groups in total. The highest BCUT2D eigenvalue weighted by Crippen LogP contribution is 2.06. The molecule has 1 amide bonds. The summed E-state index contributed by atoms with van der Waals surface area (Å²) < 4.78 is 1.59. The van der Waals surface area contributed by atoms with Gasteiger partial charge in [-0.3, -0.25) is 19.6 Å². The third-order valence-electron chi connectivity index (χ3n) is 3.02. The minimum atomic E-state index is -0.345. The van der Waals surface area contributed by atoms with E-state index in [1.54, 1.807) is 42.7 Å². The number of carbonyl (C=O) groups is 1. The van der Waals surface area contributed by atoms with Gasteiger partial charge in [-0.2, -0.15) is 0 Å². The average Bonchev–Trinajstić information content (AvgIpc) is 2.42. The number of hydrogen-bond donors (Lipinski definition) is 2. The van der Waals surface area contributed by atoms with Crippen molar-refractivity contribution < 1.29 is 4.79 Å². The van der Waals surface area contributed by atoms with Gasteiger partial charge in [-0.05, 0) is 31.5 Å². The minimum absolute atomic E-state index is 0.0845. The van der Waals surface area contributed by atoms with E-state index in [2.05, 4.69) is 10.4 Å². The molecule has 1 aromatic carbocycles. The summed E-state index contributed by atoms with van der Waals surface area (Å²) in [6.45, 7) is 4.01. The number of nitrogen functional groups attached to an aromatic ring is 1. The van der Waals surface area contributed by atoms with Crippen molar-refractivity contribution >= 4 is 5.91 Å². The van der Waals surface area contributed by atoms with Crippen LogP contribution in [0.25, 0.3) is 0 Å². The number of nitrogens with one attached hydrogen (secondary N) is 1. The van der Waals surface area contributed by atoms with Gasteiger partial charge in [0.1, 0.15) is 5.82 Å². The third-order valence-corrected chi connectivity index (χ3v) is 3.02. The zero-order chi connectivity index (χ0) is 14.7. The van der Waals surface area contributed by atoms with Gasteiger partial charge in [0.05, 0.1) is 6.54 Å². The van der Waals surface area contributed by atoms with E-state index >= 15 is 0 Å². The van der Waals surface area contributed by atoms with Crippen LogP contribution in [0, 0.1) is 13.8 Å². The summed E-state index contributed by atoms with van der Waals surface area (Å²) in [4.78, 5) is 27.5. The molecule has 0 fully saturated rings. The second-order valence-corrected chi connectivity index (χ2v) is 4.54. The van der Waals surface area contributed by atoms with Crippen molar-refractivity contribution in [2.45, 2.75) is 20.4 Å². The van der Waals surface area contributed by atoms with E-state index in [1.807, 2.05) is 0 Å². The SMILES string of the molecule is Cc1cc(=O)n(Cc2ccc(C(=O)NN)cc2)c(C)n1. The smallest absolute Gasteiger partial charge is 0.265 e. The zero-order valence-electron chi connectivity index (χ0n) is 11.4. The first-order chi connectivity index (χ1) is 9.51. The average molecular weight is 272 g/mol. The molecule has 1 heterocycles. The van der Waals surface area contributed by atoms with Crippen molar-refractivity contribution in [1.29, 1.82) is 0 Å². The summed E-state index contributed by atoms with van der Waals surface area (Å²) >= 11 is 0. The first kappa shape index (κ1) is 14.0. The molecular weight excluding hydrogens is 256 g/mol. The van der Waals surface area contributed by atoms with Gasteiger partial charge in [0.25, 0.3) is 11.5 Å². The molecule has 0 aliphatic rings. The molecule has 1 aromatic heterocycles. The molecule has 6 nitrogen and oxygen atoms in total. The van der Waals surface area contributed by atoms with Crippen molar-refractivity contribution in [3.8, 4) is 0 Å². The third kappa shape index (κ3) is 2.92. The largest absolute Gasteiger partial charge is 0.292 e. The van der Waals surface area contributed by atoms with Crippen LogP contribution in [0.5, 0.6) is 0 Å². The Hall–Kier alpha value is -2.47. The Morgan fingerprint density at radius 2 is 1.95 bits per heavy atom. The van der Waals surface area contributed by atoms with Crippen LogP contribution >= 0.6 is 0 Å². The number of aryl methyl sites for hydroxylation is 2. The van der Waals surface area contributed by atoms with Crippen molar-refractivity contribution in [1.82, 2.24) is 15.0 Å². The predicted octanol–water partition coefficient (Wildman–Crippen LogP) is 0.512. The molecule has 6 heteroatoms. The number of nitrogens with zero attached hydrogens (tertiary/aromatic N) is 2. The topological polar surface area (TPSA) is 90.0 Å². The van der Waals surface area contributed by atoms with Crippen molar-refractivity contribution in [3.63, 3.8) is 0 Å². The number of amides is 1. The monoisotopic (exact) mass is 272 g/mol.